The van der Waals surface area contributed by atoms with E-state index in [1.54, 1.807) is 6.07 Å². The summed E-state index contributed by atoms with van der Waals surface area (Å²) in [5, 5.41) is 9.19. The molecule has 0 aromatic heterocycles. The maximum atomic E-state index is 9.19. The molecule has 0 atom stereocenters. The van der Waals surface area contributed by atoms with Crippen LogP contribution in [0.15, 0.2) is 16.6 Å². The van der Waals surface area contributed by atoms with Gasteiger partial charge in [-0.15, -0.1) is 12.4 Å². The summed E-state index contributed by atoms with van der Waals surface area (Å²) in [5.41, 5.74) is 5.97. The molecule has 12 heavy (non-hydrogen) atoms. The molecule has 1 rings (SSSR count). The van der Waals surface area contributed by atoms with Crippen molar-refractivity contribution >= 4 is 34.0 Å². The van der Waals surface area contributed by atoms with Gasteiger partial charge in [-0.05, 0) is 15.9 Å². The van der Waals surface area contributed by atoms with Crippen molar-refractivity contribution in [2.75, 3.05) is 12.8 Å². The lowest BCUT2D eigenvalue weighted by Crippen LogP contribution is -1.89. The van der Waals surface area contributed by atoms with Crippen LogP contribution >= 0.6 is 28.3 Å². The van der Waals surface area contributed by atoms with Gasteiger partial charge < -0.3 is 15.6 Å². The maximum Gasteiger partial charge on any atom is 0.161 e. The lowest BCUT2D eigenvalue weighted by atomic mass is 10.3. The standard InChI is InChI=1S/C7H8BrNO2.ClH/c1-11-7-2-4(8)5(9)3-6(7)10;/h2-3,10H,9H2,1H3;1H. The summed E-state index contributed by atoms with van der Waals surface area (Å²) in [6.45, 7) is 0. The lowest BCUT2D eigenvalue weighted by Gasteiger charge is -2.04. The van der Waals surface area contributed by atoms with E-state index in [1.165, 1.54) is 13.2 Å². The first-order valence-electron chi connectivity index (χ1n) is 2.97. The monoisotopic (exact) mass is 253 g/mol. The third-order valence-electron chi connectivity index (χ3n) is 1.30. The van der Waals surface area contributed by atoms with E-state index >= 15 is 0 Å². The Hall–Kier alpha value is -0.610. The van der Waals surface area contributed by atoms with Gasteiger partial charge in [-0.1, -0.05) is 0 Å². The van der Waals surface area contributed by atoms with Gasteiger partial charge in [0, 0.05) is 22.3 Å². The van der Waals surface area contributed by atoms with Gasteiger partial charge in [0.05, 0.1) is 7.11 Å². The van der Waals surface area contributed by atoms with Crippen molar-refractivity contribution < 1.29 is 9.84 Å². The Morgan fingerprint density at radius 3 is 2.58 bits per heavy atom. The molecular formula is C7H9BrClNO2. The van der Waals surface area contributed by atoms with Crippen LogP contribution in [0.1, 0.15) is 0 Å². The Balaban J connectivity index is 0.00000121. The average Bonchev–Trinajstić information content (AvgIpc) is 1.97. The Morgan fingerprint density at radius 2 is 2.08 bits per heavy atom. The molecule has 0 bridgehead atoms. The number of hydrogen-bond donors (Lipinski definition) is 2. The van der Waals surface area contributed by atoms with Crippen LogP contribution in [0.25, 0.3) is 0 Å². The highest BCUT2D eigenvalue weighted by atomic mass is 79.9. The summed E-state index contributed by atoms with van der Waals surface area (Å²) < 4.78 is 5.56. The van der Waals surface area contributed by atoms with Crippen LogP contribution in [0, 0.1) is 0 Å². The number of anilines is 1. The van der Waals surface area contributed by atoms with Crippen molar-refractivity contribution in [3.05, 3.63) is 16.6 Å². The Bertz CT molecular complexity index is 280. The molecule has 5 heteroatoms. The first-order valence-corrected chi connectivity index (χ1v) is 3.76. The molecule has 0 saturated heterocycles. The van der Waals surface area contributed by atoms with Crippen LogP contribution in [0.5, 0.6) is 11.5 Å². The number of nitrogens with two attached hydrogens (primary N) is 1. The van der Waals surface area contributed by atoms with E-state index in [1.807, 2.05) is 0 Å². The predicted molar refractivity (Wildman–Crippen MR) is 54.0 cm³/mol. The molecule has 0 aliphatic rings. The lowest BCUT2D eigenvalue weighted by molar-refractivity contribution is 0.373. The average molecular weight is 255 g/mol. The van der Waals surface area contributed by atoms with Crippen molar-refractivity contribution in [1.82, 2.24) is 0 Å². The zero-order valence-corrected chi connectivity index (χ0v) is 8.78. The largest absolute Gasteiger partial charge is 0.504 e. The SMILES string of the molecule is COc1cc(Br)c(N)cc1O.Cl. The Morgan fingerprint density at radius 1 is 1.50 bits per heavy atom. The van der Waals surface area contributed by atoms with Gasteiger partial charge in [0.1, 0.15) is 0 Å². The first kappa shape index (κ1) is 11.4. The number of halogens is 2. The van der Waals surface area contributed by atoms with E-state index in [4.69, 9.17) is 10.5 Å². The van der Waals surface area contributed by atoms with Crippen LogP contribution in [0.4, 0.5) is 5.69 Å². The summed E-state index contributed by atoms with van der Waals surface area (Å²) in [6.07, 6.45) is 0. The number of hydrogen-bond acceptors (Lipinski definition) is 3. The molecule has 0 heterocycles. The van der Waals surface area contributed by atoms with Crippen LogP contribution in [0.2, 0.25) is 0 Å². The van der Waals surface area contributed by atoms with Crippen molar-refractivity contribution in [2.24, 2.45) is 0 Å². The minimum atomic E-state index is 0. The second kappa shape index (κ2) is 4.42. The van der Waals surface area contributed by atoms with E-state index < -0.39 is 0 Å². The minimum Gasteiger partial charge on any atom is -0.504 e. The maximum absolute atomic E-state index is 9.19. The van der Waals surface area contributed by atoms with Crippen LogP contribution < -0.4 is 10.5 Å². The second-order valence-electron chi connectivity index (χ2n) is 2.05. The van der Waals surface area contributed by atoms with E-state index in [0.29, 0.717) is 15.9 Å². The molecule has 0 aliphatic heterocycles. The molecule has 0 radical (unpaired) electrons. The minimum absolute atomic E-state index is 0. The van der Waals surface area contributed by atoms with Crippen molar-refractivity contribution in [2.45, 2.75) is 0 Å². The van der Waals surface area contributed by atoms with Gasteiger partial charge in [-0.25, -0.2) is 0 Å². The van der Waals surface area contributed by atoms with E-state index in [0.717, 1.165) is 0 Å². The van der Waals surface area contributed by atoms with Crippen molar-refractivity contribution in [3.63, 3.8) is 0 Å². The highest BCUT2D eigenvalue weighted by Gasteiger charge is 2.04. The molecule has 1 aromatic carbocycles. The van der Waals surface area contributed by atoms with Gasteiger partial charge in [0.15, 0.2) is 11.5 Å². The third kappa shape index (κ3) is 2.19. The second-order valence-corrected chi connectivity index (χ2v) is 2.90. The van der Waals surface area contributed by atoms with Gasteiger partial charge in [0.2, 0.25) is 0 Å². The third-order valence-corrected chi connectivity index (χ3v) is 1.98. The molecule has 0 amide bonds. The summed E-state index contributed by atoms with van der Waals surface area (Å²) in [7, 11) is 1.48. The predicted octanol–water partition coefficient (Wildman–Crippen LogP) is 2.17. The number of aromatic hydroxyl groups is 1. The number of methoxy groups -OCH3 is 1. The van der Waals surface area contributed by atoms with Crippen molar-refractivity contribution in [3.8, 4) is 11.5 Å². The number of rotatable bonds is 1. The van der Waals surface area contributed by atoms with Gasteiger partial charge in [-0.3, -0.25) is 0 Å². The topological polar surface area (TPSA) is 55.5 Å². The summed E-state index contributed by atoms with van der Waals surface area (Å²) in [4.78, 5) is 0. The van der Waals surface area contributed by atoms with Crippen LogP contribution in [-0.4, -0.2) is 12.2 Å². The molecule has 0 fully saturated rings. The molecule has 68 valence electrons. The normalized spacial score (nSPS) is 8.83. The van der Waals surface area contributed by atoms with E-state index in [9.17, 15) is 5.11 Å². The molecule has 0 aliphatic carbocycles. The van der Waals surface area contributed by atoms with E-state index in [-0.39, 0.29) is 18.2 Å². The molecule has 0 saturated carbocycles. The Labute approximate surface area is 85.1 Å². The van der Waals surface area contributed by atoms with Crippen molar-refractivity contribution in [1.29, 1.82) is 0 Å². The number of ether oxygens (including phenoxy) is 1. The highest BCUT2D eigenvalue weighted by Crippen LogP contribution is 2.33. The van der Waals surface area contributed by atoms with Crippen LogP contribution in [0.3, 0.4) is 0 Å². The fourth-order valence-corrected chi connectivity index (χ4v) is 1.05. The fourth-order valence-electron chi connectivity index (χ4n) is 0.723. The van der Waals surface area contributed by atoms with Gasteiger partial charge in [-0.2, -0.15) is 0 Å². The summed E-state index contributed by atoms with van der Waals surface area (Å²) in [6, 6.07) is 3.05. The van der Waals surface area contributed by atoms with Crippen LogP contribution in [-0.2, 0) is 0 Å². The van der Waals surface area contributed by atoms with E-state index in [2.05, 4.69) is 15.9 Å². The fraction of sp³-hybridized carbons (Fsp3) is 0.143. The molecule has 0 unspecified atom stereocenters. The molecule has 3 nitrogen and oxygen atoms in total. The molecule has 3 N–H and O–H groups in total. The summed E-state index contributed by atoms with van der Waals surface area (Å²) in [5.74, 6) is 0.458. The molecular weight excluding hydrogens is 245 g/mol. The Kier molecular flexibility index (Phi) is 4.20. The number of nitrogen functional groups attached to an aromatic ring is 1. The van der Waals surface area contributed by atoms with Gasteiger partial charge >= 0.3 is 0 Å². The summed E-state index contributed by atoms with van der Waals surface area (Å²) >= 11 is 3.20. The smallest absolute Gasteiger partial charge is 0.161 e. The zero-order valence-electron chi connectivity index (χ0n) is 6.37. The van der Waals surface area contributed by atoms with Gasteiger partial charge in [0.25, 0.3) is 0 Å². The first-order chi connectivity index (χ1) is 5.15. The molecule has 1 aromatic rings. The number of phenolic OH excluding ortho intramolecular Hbond substituents is 1. The highest BCUT2D eigenvalue weighted by molar-refractivity contribution is 9.10. The quantitative estimate of drug-likeness (QED) is 0.755. The zero-order chi connectivity index (χ0) is 8.43. The number of benzene rings is 1. The number of phenols is 1. The molecule has 0 spiro atoms.